The molecule has 0 unspecified atom stereocenters. The summed E-state index contributed by atoms with van der Waals surface area (Å²) < 4.78 is 4.92. The van der Waals surface area contributed by atoms with Crippen LogP contribution in [0.25, 0.3) is 0 Å². The number of nitrogens with zero attached hydrogens (tertiary/aromatic N) is 1. The van der Waals surface area contributed by atoms with Gasteiger partial charge in [0, 0.05) is 30.9 Å². The van der Waals surface area contributed by atoms with E-state index in [-0.39, 0.29) is 16.6 Å². The number of halogens is 1. The van der Waals surface area contributed by atoms with Crippen molar-refractivity contribution in [1.29, 1.82) is 0 Å². The summed E-state index contributed by atoms with van der Waals surface area (Å²) in [6.07, 6.45) is 0. The topological polar surface area (TPSA) is 78.9 Å². The summed E-state index contributed by atoms with van der Waals surface area (Å²) in [5.41, 5.74) is 0.364. The SMILES string of the molecule is CCN(CCOC)C(=O)Nc1cc(Cl)cc(C(=O)O)c1. The Morgan fingerprint density at radius 1 is 1.40 bits per heavy atom. The Balaban J connectivity index is 2.81. The Morgan fingerprint density at radius 2 is 2.10 bits per heavy atom. The normalized spacial score (nSPS) is 10.2. The van der Waals surface area contributed by atoms with E-state index in [1.54, 1.807) is 12.0 Å². The molecule has 0 spiro atoms. The molecule has 0 aliphatic rings. The van der Waals surface area contributed by atoms with E-state index in [1.165, 1.54) is 18.2 Å². The van der Waals surface area contributed by atoms with Gasteiger partial charge in [0.2, 0.25) is 0 Å². The number of likely N-dealkylation sites (N-methyl/N-ethyl adjacent to an activating group) is 1. The number of carboxylic acids is 1. The molecule has 0 fully saturated rings. The lowest BCUT2D eigenvalue weighted by molar-refractivity contribution is 0.0697. The number of hydrogen-bond donors (Lipinski definition) is 2. The van der Waals surface area contributed by atoms with Crippen LogP contribution in [0.4, 0.5) is 10.5 Å². The van der Waals surface area contributed by atoms with Crippen LogP contribution in [-0.2, 0) is 4.74 Å². The summed E-state index contributed by atoms with van der Waals surface area (Å²) in [6, 6.07) is 3.84. The van der Waals surface area contributed by atoms with Crippen LogP contribution in [0.15, 0.2) is 18.2 Å². The smallest absolute Gasteiger partial charge is 0.335 e. The zero-order valence-corrected chi connectivity index (χ0v) is 12.1. The zero-order chi connectivity index (χ0) is 15.1. The Hall–Kier alpha value is -1.79. The first kappa shape index (κ1) is 16.3. The third kappa shape index (κ3) is 4.71. The number of carboxylic acid groups (broad SMARTS) is 1. The Labute approximate surface area is 122 Å². The van der Waals surface area contributed by atoms with Gasteiger partial charge in [0.05, 0.1) is 12.2 Å². The maximum atomic E-state index is 12.0. The molecule has 0 atom stereocenters. The molecular weight excluding hydrogens is 284 g/mol. The molecule has 1 aromatic carbocycles. The van der Waals surface area contributed by atoms with E-state index in [1.807, 2.05) is 6.92 Å². The quantitative estimate of drug-likeness (QED) is 0.846. The van der Waals surface area contributed by atoms with Crippen molar-refractivity contribution in [2.45, 2.75) is 6.92 Å². The van der Waals surface area contributed by atoms with E-state index in [4.69, 9.17) is 21.4 Å². The number of hydrogen-bond acceptors (Lipinski definition) is 3. The van der Waals surface area contributed by atoms with E-state index in [2.05, 4.69) is 5.32 Å². The number of amides is 2. The minimum absolute atomic E-state index is 0.0211. The summed E-state index contributed by atoms with van der Waals surface area (Å²) in [4.78, 5) is 24.5. The number of anilines is 1. The Bertz CT molecular complexity index is 493. The van der Waals surface area contributed by atoms with Crippen molar-refractivity contribution >= 4 is 29.3 Å². The van der Waals surface area contributed by atoms with Crippen LogP contribution in [0.5, 0.6) is 0 Å². The number of benzene rings is 1. The number of carbonyl (C=O) groups excluding carboxylic acids is 1. The molecule has 0 saturated carbocycles. The summed E-state index contributed by atoms with van der Waals surface area (Å²) in [5.74, 6) is -1.10. The second-order valence-electron chi connectivity index (χ2n) is 4.04. The van der Waals surface area contributed by atoms with Crippen molar-refractivity contribution in [3.05, 3.63) is 28.8 Å². The van der Waals surface area contributed by atoms with Gasteiger partial charge in [0.15, 0.2) is 0 Å². The van der Waals surface area contributed by atoms with Crippen molar-refractivity contribution < 1.29 is 19.4 Å². The second-order valence-corrected chi connectivity index (χ2v) is 4.47. The lowest BCUT2D eigenvalue weighted by Crippen LogP contribution is -2.37. The van der Waals surface area contributed by atoms with E-state index in [0.717, 1.165) is 0 Å². The van der Waals surface area contributed by atoms with Crippen LogP contribution in [0, 0.1) is 0 Å². The van der Waals surface area contributed by atoms with Gasteiger partial charge in [-0.05, 0) is 25.1 Å². The number of ether oxygens (including phenoxy) is 1. The van der Waals surface area contributed by atoms with Gasteiger partial charge in [0.25, 0.3) is 0 Å². The van der Waals surface area contributed by atoms with Gasteiger partial charge < -0.3 is 20.1 Å². The van der Waals surface area contributed by atoms with Crippen molar-refractivity contribution in [2.24, 2.45) is 0 Å². The molecule has 2 N–H and O–H groups in total. The highest BCUT2D eigenvalue weighted by Crippen LogP contribution is 2.19. The monoisotopic (exact) mass is 300 g/mol. The second kappa shape index (κ2) is 7.72. The molecule has 7 heteroatoms. The third-order valence-electron chi connectivity index (χ3n) is 2.63. The standard InChI is InChI=1S/C13H17ClN2O4/c1-3-16(4-5-20-2)13(19)15-11-7-9(12(17)18)6-10(14)8-11/h6-8H,3-5H2,1-2H3,(H,15,19)(H,17,18). The third-order valence-corrected chi connectivity index (χ3v) is 2.85. The van der Waals surface area contributed by atoms with Crippen molar-refractivity contribution in [3.63, 3.8) is 0 Å². The van der Waals surface area contributed by atoms with Crippen LogP contribution in [0.1, 0.15) is 17.3 Å². The number of urea groups is 1. The highest BCUT2D eigenvalue weighted by molar-refractivity contribution is 6.31. The van der Waals surface area contributed by atoms with E-state index < -0.39 is 5.97 Å². The maximum Gasteiger partial charge on any atom is 0.335 e. The van der Waals surface area contributed by atoms with Crippen molar-refractivity contribution in [2.75, 3.05) is 32.1 Å². The molecule has 110 valence electrons. The van der Waals surface area contributed by atoms with Crippen molar-refractivity contribution in [1.82, 2.24) is 4.90 Å². The molecule has 0 radical (unpaired) electrons. The lowest BCUT2D eigenvalue weighted by Gasteiger charge is -2.21. The number of aromatic carboxylic acids is 1. The van der Waals surface area contributed by atoms with Crippen LogP contribution in [0.3, 0.4) is 0 Å². The molecule has 0 saturated heterocycles. The van der Waals surface area contributed by atoms with Crippen molar-refractivity contribution in [3.8, 4) is 0 Å². The first-order chi connectivity index (χ1) is 9.47. The first-order valence-corrected chi connectivity index (χ1v) is 6.44. The fourth-order valence-electron chi connectivity index (χ4n) is 1.59. The van der Waals surface area contributed by atoms with Gasteiger partial charge in [-0.25, -0.2) is 9.59 Å². The molecule has 0 aliphatic carbocycles. The van der Waals surface area contributed by atoms with E-state index in [9.17, 15) is 9.59 Å². The lowest BCUT2D eigenvalue weighted by atomic mass is 10.2. The molecule has 0 heterocycles. The summed E-state index contributed by atoms with van der Waals surface area (Å²) in [7, 11) is 1.56. The average Bonchev–Trinajstić information content (AvgIpc) is 2.38. The van der Waals surface area contributed by atoms with Gasteiger partial charge in [-0.1, -0.05) is 11.6 Å². The Kier molecular flexibility index (Phi) is 6.27. The molecule has 1 rings (SSSR count). The summed E-state index contributed by atoms with van der Waals surface area (Å²) in [5, 5.41) is 11.8. The fourth-order valence-corrected chi connectivity index (χ4v) is 1.83. The average molecular weight is 301 g/mol. The maximum absolute atomic E-state index is 12.0. The minimum atomic E-state index is -1.10. The van der Waals surface area contributed by atoms with Gasteiger partial charge in [0.1, 0.15) is 0 Å². The van der Waals surface area contributed by atoms with Gasteiger partial charge in [-0.3, -0.25) is 0 Å². The molecular formula is C13H17ClN2O4. The molecule has 0 aliphatic heterocycles. The van der Waals surface area contributed by atoms with Crippen LogP contribution >= 0.6 is 11.6 Å². The molecule has 2 amide bonds. The number of rotatable bonds is 6. The first-order valence-electron chi connectivity index (χ1n) is 6.06. The van der Waals surface area contributed by atoms with Gasteiger partial charge >= 0.3 is 12.0 Å². The molecule has 1 aromatic rings. The van der Waals surface area contributed by atoms with Crippen LogP contribution in [0.2, 0.25) is 5.02 Å². The van der Waals surface area contributed by atoms with Gasteiger partial charge in [-0.15, -0.1) is 0 Å². The molecule has 20 heavy (non-hydrogen) atoms. The largest absolute Gasteiger partial charge is 0.478 e. The molecule has 0 aromatic heterocycles. The predicted molar refractivity (Wildman–Crippen MR) is 76.6 cm³/mol. The highest BCUT2D eigenvalue weighted by atomic mass is 35.5. The number of nitrogens with one attached hydrogen (secondary N) is 1. The number of methoxy groups -OCH3 is 1. The Morgan fingerprint density at radius 3 is 2.65 bits per heavy atom. The fraction of sp³-hybridized carbons (Fsp3) is 0.385. The summed E-state index contributed by atoms with van der Waals surface area (Å²) >= 11 is 5.83. The summed E-state index contributed by atoms with van der Waals surface area (Å²) in [6.45, 7) is 3.24. The molecule has 0 bridgehead atoms. The van der Waals surface area contributed by atoms with Gasteiger partial charge in [-0.2, -0.15) is 0 Å². The van der Waals surface area contributed by atoms with E-state index >= 15 is 0 Å². The minimum Gasteiger partial charge on any atom is -0.478 e. The van der Waals surface area contributed by atoms with Crippen LogP contribution < -0.4 is 5.32 Å². The number of carbonyl (C=O) groups is 2. The van der Waals surface area contributed by atoms with Crippen LogP contribution in [-0.4, -0.2) is 48.8 Å². The van der Waals surface area contributed by atoms with E-state index in [0.29, 0.717) is 25.4 Å². The molecule has 6 nitrogen and oxygen atoms in total. The predicted octanol–water partition coefficient (Wildman–Crippen LogP) is 2.54. The zero-order valence-electron chi connectivity index (χ0n) is 11.4. The highest BCUT2D eigenvalue weighted by Gasteiger charge is 2.13.